The normalized spacial score (nSPS) is 12.2. The van der Waals surface area contributed by atoms with E-state index in [4.69, 9.17) is 5.11 Å². The monoisotopic (exact) mass is 273 g/mol. The average Bonchev–Trinajstić information content (AvgIpc) is 2.97. The van der Waals surface area contributed by atoms with E-state index in [0.717, 1.165) is 5.69 Å². The van der Waals surface area contributed by atoms with Crippen molar-refractivity contribution >= 4 is 5.97 Å². The van der Waals surface area contributed by atoms with Crippen LogP contribution < -0.4 is 5.32 Å². The van der Waals surface area contributed by atoms with E-state index in [1.165, 1.54) is 5.56 Å². The van der Waals surface area contributed by atoms with Gasteiger partial charge in [0.05, 0.1) is 6.33 Å². The third-order valence-electron chi connectivity index (χ3n) is 3.21. The third kappa shape index (κ3) is 3.93. The van der Waals surface area contributed by atoms with Crippen LogP contribution in [0.4, 0.5) is 0 Å². The second-order valence-electron chi connectivity index (χ2n) is 4.73. The number of carboxylic acids is 1. The van der Waals surface area contributed by atoms with E-state index in [1.807, 2.05) is 22.9 Å². The Morgan fingerprint density at radius 1 is 1.40 bits per heavy atom. The summed E-state index contributed by atoms with van der Waals surface area (Å²) in [6, 6.07) is 8.45. The Labute approximate surface area is 118 Å². The lowest BCUT2D eigenvalue weighted by Crippen LogP contribution is -2.20. The van der Waals surface area contributed by atoms with Crippen molar-refractivity contribution in [1.29, 1.82) is 0 Å². The first-order chi connectivity index (χ1) is 9.66. The summed E-state index contributed by atoms with van der Waals surface area (Å²) in [5, 5.41) is 11.9. The summed E-state index contributed by atoms with van der Waals surface area (Å²) < 4.78 is 1.95. The van der Waals surface area contributed by atoms with Crippen molar-refractivity contribution < 1.29 is 9.90 Å². The minimum atomic E-state index is -0.746. The van der Waals surface area contributed by atoms with E-state index >= 15 is 0 Å². The van der Waals surface area contributed by atoms with E-state index in [9.17, 15) is 4.79 Å². The van der Waals surface area contributed by atoms with Crippen LogP contribution >= 0.6 is 0 Å². The van der Waals surface area contributed by atoms with Crippen LogP contribution in [-0.2, 0) is 4.79 Å². The summed E-state index contributed by atoms with van der Waals surface area (Å²) in [6.45, 7) is 2.78. The van der Waals surface area contributed by atoms with Crippen molar-refractivity contribution in [3.05, 3.63) is 48.5 Å². The lowest BCUT2D eigenvalue weighted by atomic mass is 10.1. The van der Waals surface area contributed by atoms with Gasteiger partial charge in [-0.2, -0.15) is 0 Å². The SMILES string of the molecule is CC(NCCCC(=O)O)c1ccc(-n2ccnc2)cc1. The number of rotatable bonds is 7. The van der Waals surface area contributed by atoms with Crippen LogP contribution in [0.5, 0.6) is 0 Å². The Morgan fingerprint density at radius 2 is 2.15 bits per heavy atom. The summed E-state index contributed by atoms with van der Waals surface area (Å²) in [4.78, 5) is 14.5. The molecule has 5 heteroatoms. The number of imidazole rings is 1. The number of benzene rings is 1. The predicted octanol–water partition coefficient (Wildman–Crippen LogP) is 2.39. The lowest BCUT2D eigenvalue weighted by Gasteiger charge is -2.14. The van der Waals surface area contributed by atoms with Gasteiger partial charge in [0.25, 0.3) is 0 Å². The number of carboxylic acid groups (broad SMARTS) is 1. The van der Waals surface area contributed by atoms with Gasteiger partial charge < -0.3 is 15.0 Å². The van der Waals surface area contributed by atoms with Crippen LogP contribution in [-0.4, -0.2) is 27.2 Å². The highest BCUT2D eigenvalue weighted by molar-refractivity contribution is 5.66. The summed E-state index contributed by atoms with van der Waals surface area (Å²) >= 11 is 0. The summed E-state index contributed by atoms with van der Waals surface area (Å²) in [5.74, 6) is -0.746. The van der Waals surface area contributed by atoms with Gasteiger partial charge in [0.1, 0.15) is 0 Å². The largest absolute Gasteiger partial charge is 0.481 e. The zero-order chi connectivity index (χ0) is 14.4. The van der Waals surface area contributed by atoms with Crippen LogP contribution in [0.25, 0.3) is 5.69 Å². The van der Waals surface area contributed by atoms with E-state index in [-0.39, 0.29) is 12.5 Å². The molecule has 0 radical (unpaired) electrons. The average molecular weight is 273 g/mol. The van der Waals surface area contributed by atoms with Crippen LogP contribution in [0.1, 0.15) is 31.4 Å². The first-order valence-electron chi connectivity index (χ1n) is 6.70. The topological polar surface area (TPSA) is 67.2 Å². The zero-order valence-electron chi connectivity index (χ0n) is 11.5. The molecule has 0 spiro atoms. The van der Waals surface area contributed by atoms with Crippen molar-refractivity contribution in [1.82, 2.24) is 14.9 Å². The zero-order valence-corrected chi connectivity index (χ0v) is 11.5. The summed E-state index contributed by atoms with van der Waals surface area (Å²) in [6.07, 6.45) is 6.28. The quantitative estimate of drug-likeness (QED) is 0.760. The van der Waals surface area contributed by atoms with Crippen molar-refractivity contribution in [2.24, 2.45) is 0 Å². The number of nitrogens with one attached hydrogen (secondary N) is 1. The van der Waals surface area contributed by atoms with Gasteiger partial charge in [-0.05, 0) is 37.6 Å². The molecule has 0 aliphatic heterocycles. The maximum absolute atomic E-state index is 10.4. The Morgan fingerprint density at radius 3 is 2.75 bits per heavy atom. The number of hydrogen-bond acceptors (Lipinski definition) is 3. The highest BCUT2D eigenvalue weighted by Crippen LogP contribution is 2.15. The van der Waals surface area contributed by atoms with Crippen molar-refractivity contribution in [2.75, 3.05) is 6.54 Å². The van der Waals surface area contributed by atoms with E-state index in [0.29, 0.717) is 13.0 Å². The molecule has 1 aromatic heterocycles. The molecule has 106 valence electrons. The van der Waals surface area contributed by atoms with Crippen molar-refractivity contribution in [3.8, 4) is 5.69 Å². The second kappa shape index (κ2) is 6.86. The molecular weight excluding hydrogens is 254 g/mol. The van der Waals surface area contributed by atoms with Gasteiger partial charge in [-0.25, -0.2) is 4.98 Å². The first-order valence-corrected chi connectivity index (χ1v) is 6.70. The number of aliphatic carboxylic acids is 1. The maximum atomic E-state index is 10.4. The van der Waals surface area contributed by atoms with Gasteiger partial charge in [0.15, 0.2) is 0 Å². The van der Waals surface area contributed by atoms with Crippen LogP contribution in [0.15, 0.2) is 43.0 Å². The Kier molecular flexibility index (Phi) is 4.90. The molecule has 0 saturated carbocycles. The highest BCUT2D eigenvalue weighted by atomic mass is 16.4. The molecule has 0 saturated heterocycles. The Balaban J connectivity index is 1.87. The number of hydrogen-bond donors (Lipinski definition) is 2. The molecule has 0 amide bonds. The highest BCUT2D eigenvalue weighted by Gasteiger charge is 2.05. The van der Waals surface area contributed by atoms with Gasteiger partial charge in [0, 0.05) is 30.5 Å². The van der Waals surface area contributed by atoms with Crippen LogP contribution in [0.3, 0.4) is 0 Å². The summed E-state index contributed by atoms with van der Waals surface area (Å²) in [5.41, 5.74) is 2.26. The molecule has 2 aromatic rings. The molecule has 1 unspecified atom stereocenters. The molecular formula is C15H19N3O2. The molecule has 0 aliphatic rings. The van der Waals surface area contributed by atoms with Gasteiger partial charge in [0.2, 0.25) is 0 Å². The molecule has 0 bridgehead atoms. The molecule has 2 rings (SSSR count). The van der Waals surface area contributed by atoms with Crippen LogP contribution in [0.2, 0.25) is 0 Å². The number of aromatic nitrogens is 2. The Hall–Kier alpha value is -2.14. The van der Waals surface area contributed by atoms with Crippen LogP contribution in [0, 0.1) is 0 Å². The second-order valence-corrected chi connectivity index (χ2v) is 4.73. The molecule has 1 heterocycles. The van der Waals surface area contributed by atoms with Gasteiger partial charge >= 0.3 is 5.97 Å². The number of nitrogens with zero attached hydrogens (tertiary/aromatic N) is 2. The van der Waals surface area contributed by atoms with Gasteiger partial charge in [-0.3, -0.25) is 4.79 Å². The molecule has 20 heavy (non-hydrogen) atoms. The molecule has 2 N–H and O–H groups in total. The minimum Gasteiger partial charge on any atom is -0.481 e. The minimum absolute atomic E-state index is 0.208. The molecule has 1 aromatic carbocycles. The lowest BCUT2D eigenvalue weighted by molar-refractivity contribution is -0.137. The number of carbonyl (C=O) groups is 1. The van der Waals surface area contributed by atoms with Gasteiger partial charge in [-0.1, -0.05) is 12.1 Å². The standard InChI is InChI=1S/C15H19N3O2/c1-12(17-8-2-3-15(19)20)13-4-6-14(7-5-13)18-10-9-16-11-18/h4-7,9-12,17H,2-3,8H2,1H3,(H,19,20). The maximum Gasteiger partial charge on any atom is 0.303 e. The van der Waals surface area contributed by atoms with Crippen molar-refractivity contribution in [2.45, 2.75) is 25.8 Å². The molecule has 0 fully saturated rings. The molecule has 1 atom stereocenters. The first kappa shape index (κ1) is 14.3. The molecule has 5 nitrogen and oxygen atoms in total. The third-order valence-corrected chi connectivity index (χ3v) is 3.21. The fraction of sp³-hybridized carbons (Fsp3) is 0.333. The predicted molar refractivity (Wildman–Crippen MR) is 76.9 cm³/mol. The Bertz CT molecular complexity index is 535. The smallest absolute Gasteiger partial charge is 0.303 e. The van der Waals surface area contributed by atoms with Gasteiger partial charge in [-0.15, -0.1) is 0 Å². The fourth-order valence-corrected chi connectivity index (χ4v) is 2.02. The fourth-order valence-electron chi connectivity index (χ4n) is 2.02. The van der Waals surface area contributed by atoms with E-state index < -0.39 is 5.97 Å². The summed E-state index contributed by atoms with van der Waals surface area (Å²) in [7, 11) is 0. The van der Waals surface area contributed by atoms with E-state index in [1.54, 1.807) is 12.5 Å². The molecule has 0 aliphatic carbocycles. The van der Waals surface area contributed by atoms with Crippen molar-refractivity contribution in [3.63, 3.8) is 0 Å². The van der Waals surface area contributed by atoms with E-state index in [2.05, 4.69) is 29.4 Å².